The molecule has 2 aromatic rings. The fourth-order valence-electron chi connectivity index (χ4n) is 1.41. The van der Waals surface area contributed by atoms with Crippen LogP contribution in [0.1, 0.15) is 22.7 Å². The number of nitriles is 1. The van der Waals surface area contributed by atoms with Gasteiger partial charge in [0, 0.05) is 4.88 Å². The van der Waals surface area contributed by atoms with Crippen LogP contribution in [0.2, 0.25) is 0 Å². The second kappa shape index (κ2) is 5.20. The molecule has 94 valence electrons. The van der Waals surface area contributed by atoms with E-state index in [0.717, 1.165) is 16.2 Å². The van der Waals surface area contributed by atoms with E-state index in [1.54, 1.807) is 6.92 Å². The summed E-state index contributed by atoms with van der Waals surface area (Å²) < 4.78 is 26.9. The van der Waals surface area contributed by atoms with E-state index in [0.29, 0.717) is 4.88 Å². The van der Waals surface area contributed by atoms with Crippen molar-refractivity contribution in [3.63, 3.8) is 0 Å². The fraction of sp³-hybridized carbons (Fsp3) is 0.182. The van der Waals surface area contributed by atoms with Crippen molar-refractivity contribution in [2.45, 2.75) is 17.2 Å². The monoisotopic (exact) mass is 298 g/mol. The van der Waals surface area contributed by atoms with E-state index in [9.17, 15) is 8.42 Å². The number of hydrogen-bond acceptors (Lipinski definition) is 5. The van der Waals surface area contributed by atoms with Crippen molar-refractivity contribution in [3.8, 4) is 6.07 Å². The van der Waals surface area contributed by atoms with E-state index in [2.05, 4.69) is 4.72 Å². The fourth-order valence-corrected chi connectivity index (χ4v) is 4.56. The summed E-state index contributed by atoms with van der Waals surface area (Å²) >= 11 is 2.47. The molecule has 0 aliphatic heterocycles. The molecule has 1 N–H and O–H groups in total. The van der Waals surface area contributed by atoms with Gasteiger partial charge in [-0.25, -0.2) is 13.1 Å². The minimum atomic E-state index is -3.55. The zero-order chi connectivity index (χ0) is 13.2. The molecule has 0 saturated carbocycles. The minimum absolute atomic E-state index is 0.169. The van der Waals surface area contributed by atoms with Crippen LogP contribution < -0.4 is 4.72 Å². The molecule has 0 aliphatic carbocycles. The first kappa shape index (κ1) is 13.2. The molecule has 0 bridgehead atoms. The minimum Gasteiger partial charge on any atom is -0.206 e. The molecule has 2 heterocycles. The topological polar surface area (TPSA) is 70.0 Å². The average Bonchev–Trinajstić information content (AvgIpc) is 3.00. The quantitative estimate of drug-likeness (QED) is 0.943. The van der Waals surface area contributed by atoms with Gasteiger partial charge in [0.15, 0.2) is 0 Å². The molecule has 0 fully saturated rings. The van der Waals surface area contributed by atoms with Gasteiger partial charge in [-0.3, -0.25) is 0 Å². The predicted molar refractivity (Wildman–Crippen MR) is 72.1 cm³/mol. The van der Waals surface area contributed by atoms with Gasteiger partial charge >= 0.3 is 0 Å². The van der Waals surface area contributed by atoms with Crippen molar-refractivity contribution >= 4 is 32.7 Å². The van der Waals surface area contributed by atoms with Gasteiger partial charge in [0.1, 0.15) is 15.2 Å². The lowest BCUT2D eigenvalue weighted by atomic mass is 10.3. The average molecular weight is 298 g/mol. The Hall–Kier alpha value is -1.20. The first-order valence-electron chi connectivity index (χ1n) is 5.08. The molecular formula is C11H10N2O2S3. The van der Waals surface area contributed by atoms with Crippen LogP contribution in [0.5, 0.6) is 0 Å². The second-order valence-corrected chi connectivity index (χ2v) is 7.59. The lowest BCUT2D eigenvalue weighted by molar-refractivity contribution is 0.570. The molecule has 0 saturated heterocycles. The summed E-state index contributed by atoms with van der Waals surface area (Å²) in [5, 5.41) is 10.6. The molecular weight excluding hydrogens is 288 g/mol. The summed E-state index contributed by atoms with van der Waals surface area (Å²) in [7, 11) is -3.55. The van der Waals surface area contributed by atoms with Gasteiger partial charge < -0.3 is 0 Å². The van der Waals surface area contributed by atoms with Gasteiger partial charge in [-0.15, -0.1) is 22.7 Å². The number of thiophene rings is 2. The van der Waals surface area contributed by atoms with E-state index in [4.69, 9.17) is 5.26 Å². The van der Waals surface area contributed by atoms with Crippen molar-refractivity contribution in [1.29, 1.82) is 5.26 Å². The number of sulfonamides is 1. The van der Waals surface area contributed by atoms with Crippen LogP contribution in [-0.4, -0.2) is 8.42 Å². The summed E-state index contributed by atoms with van der Waals surface area (Å²) in [5.74, 6) is 0. The molecule has 0 spiro atoms. The van der Waals surface area contributed by atoms with Crippen LogP contribution in [-0.2, 0) is 10.0 Å². The summed E-state index contributed by atoms with van der Waals surface area (Å²) in [6.07, 6.45) is 0. The number of nitrogens with zero attached hydrogens (tertiary/aromatic N) is 1. The van der Waals surface area contributed by atoms with Crippen molar-refractivity contribution in [2.24, 2.45) is 0 Å². The van der Waals surface area contributed by atoms with E-state index >= 15 is 0 Å². The Labute approximate surface area is 114 Å². The molecule has 0 aromatic carbocycles. The largest absolute Gasteiger partial charge is 0.250 e. The van der Waals surface area contributed by atoms with Gasteiger partial charge in [0.2, 0.25) is 0 Å². The SMILES string of the molecule is CC(NS(=O)(=O)c1ccc(C#N)s1)c1cccs1. The van der Waals surface area contributed by atoms with Crippen molar-refractivity contribution in [1.82, 2.24) is 4.72 Å². The third-order valence-corrected chi connectivity index (χ3v) is 6.34. The number of rotatable bonds is 4. The maximum Gasteiger partial charge on any atom is 0.250 e. The van der Waals surface area contributed by atoms with Crippen LogP contribution >= 0.6 is 22.7 Å². The molecule has 7 heteroatoms. The highest BCUT2D eigenvalue weighted by Crippen LogP contribution is 2.24. The summed E-state index contributed by atoms with van der Waals surface area (Å²) in [6.45, 7) is 1.79. The Kier molecular flexibility index (Phi) is 3.82. The van der Waals surface area contributed by atoms with E-state index < -0.39 is 10.0 Å². The van der Waals surface area contributed by atoms with E-state index in [1.807, 2.05) is 23.6 Å². The molecule has 4 nitrogen and oxygen atoms in total. The van der Waals surface area contributed by atoms with Crippen LogP contribution in [0.3, 0.4) is 0 Å². The number of nitrogens with one attached hydrogen (secondary N) is 1. The molecule has 2 rings (SSSR count). The second-order valence-electron chi connectivity index (χ2n) is 3.59. The highest BCUT2D eigenvalue weighted by Gasteiger charge is 2.20. The number of hydrogen-bond donors (Lipinski definition) is 1. The maximum atomic E-state index is 12.1. The Bertz CT molecular complexity index is 665. The van der Waals surface area contributed by atoms with Gasteiger partial charge in [0.05, 0.1) is 6.04 Å². The third-order valence-electron chi connectivity index (χ3n) is 2.26. The maximum absolute atomic E-state index is 12.1. The highest BCUT2D eigenvalue weighted by molar-refractivity contribution is 7.91. The third kappa shape index (κ3) is 2.79. The van der Waals surface area contributed by atoms with Crippen molar-refractivity contribution in [2.75, 3.05) is 0 Å². The Morgan fingerprint density at radius 1 is 1.39 bits per heavy atom. The Balaban J connectivity index is 2.20. The summed E-state index contributed by atoms with van der Waals surface area (Å²) in [6, 6.07) is 8.37. The van der Waals surface area contributed by atoms with Gasteiger partial charge in [-0.05, 0) is 30.5 Å². The van der Waals surface area contributed by atoms with Crippen LogP contribution in [0.4, 0.5) is 0 Å². The molecule has 0 amide bonds. The van der Waals surface area contributed by atoms with E-state index in [1.165, 1.54) is 23.5 Å². The van der Waals surface area contributed by atoms with Crippen LogP contribution in [0.25, 0.3) is 0 Å². The van der Waals surface area contributed by atoms with E-state index in [-0.39, 0.29) is 10.3 Å². The van der Waals surface area contributed by atoms with Gasteiger partial charge in [0.25, 0.3) is 10.0 Å². The summed E-state index contributed by atoms with van der Waals surface area (Å²) in [5.41, 5.74) is 0. The van der Waals surface area contributed by atoms with Gasteiger partial charge in [-0.2, -0.15) is 5.26 Å². The zero-order valence-electron chi connectivity index (χ0n) is 9.45. The summed E-state index contributed by atoms with van der Waals surface area (Å²) in [4.78, 5) is 1.34. The molecule has 1 atom stereocenters. The molecule has 0 radical (unpaired) electrons. The Morgan fingerprint density at radius 2 is 2.17 bits per heavy atom. The lowest BCUT2D eigenvalue weighted by Gasteiger charge is -2.11. The smallest absolute Gasteiger partial charge is 0.206 e. The predicted octanol–water partition coefficient (Wildman–Crippen LogP) is 2.72. The first-order chi connectivity index (χ1) is 8.53. The van der Waals surface area contributed by atoms with Crippen LogP contribution in [0, 0.1) is 11.3 Å². The first-order valence-corrected chi connectivity index (χ1v) is 8.26. The van der Waals surface area contributed by atoms with Crippen molar-refractivity contribution in [3.05, 3.63) is 39.4 Å². The lowest BCUT2D eigenvalue weighted by Crippen LogP contribution is -2.25. The highest BCUT2D eigenvalue weighted by atomic mass is 32.2. The standard InChI is InChI=1S/C11H10N2O2S3/c1-8(10-3-2-6-16-10)13-18(14,15)11-5-4-9(7-12)17-11/h2-6,8,13H,1H3. The van der Waals surface area contributed by atoms with Crippen molar-refractivity contribution < 1.29 is 8.42 Å². The van der Waals surface area contributed by atoms with Crippen LogP contribution in [0.15, 0.2) is 33.9 Å². The molecule has 2 aromatic heterocycles. The zero-order valence-corrected chi connectivity index (χ0v) is 11.9. The Morgan fingerprint density at radius 3 is 2.72 bits per heavy atom. The molecule has 18 heavy (non-hydrogen) atoms. The normalized spacial score (nSPS) is 13.1. The molecule has 0 aliphatic rings. The van der Waals surface area contributed by atoms with Gasteiger partial charge in [-0.1, -0.05) is 6.07 Å². The molecule has 1 unspecified atom stereocenters.